The summed E-state index contributed by atoms with van der Waals surface area (Å²) in [6, 6.07) is 1.31. The topological polar surface area (TPSA) is 24.1 Å². The standard InChI is InChI=1S/C10H20N2/c1-3-4-9(2)12-10-5-7-11-8-6-10/h3,9-12H,1,4-8H2,2H3. The average Bonchev–Trinajstić information content (AvgIpc) is 2.06. The third-order valence-electron chi connectivity index (χ3n) is 2.38. The molecule has 70 valence electrons. The van der Waals surface area contributed by atoms with Crippen LogP contribution in [0.25, 0.3) is 0 Å². The molecule has 1 saturated heterocycles. The zero-order chi connectivity index (χ0) is 8.81. The molecule has 0 saturated carbocycles. The normalized spacial score (nSPS) is 22.1. The molecular weight excluding hydrogens is 148 g/mol. The van der Waals surface area contributed by atoms with E-state index in [1.165, 1.54) is 25.9 Å². The van der Waals surface area contributed by atoms with Gasteiger partial charge < -0.3 is 10.6 Å². The number of hydrogen-bond donors (Lipinski definition) is 2. The van der Waals surface area contributed by atoms with Crippen molar-refractivity contribution in [3.8, 4) is 0 Å². The van der Waals surface area contributed by atoms with Crippen molar-refractivity contribution in [2.45, 2.75) is 38.3 Å². The van der Waals surface area contributed by atoms with E-state index in [0.717, 1.165) is 12.5 Å². The van der Waals surface area contributed by atoms with Gasteiger partial charge in [-0.25, -0.2) is 0 Å². The number of piperidine rings is 1. The largest absolute Gasteiger partial charge is 0.317 e. The fourth-order valence-corrected chi connectivity index (χ4v) is 1.71. The molecule has 0 amide bonds. The van der Waals surface area contributed by atoms with E-state index >= 15 is 0 Å². The van der Waals surface area contributed by atoms with Crippen LogP contribution in [-0.4, -0.2) is 25.2 Å². The minimum Gasteiger partial charge on any atom is -0.317 e. The highest BCUT2D eigenvalue weighted by Crippen LogP contribution is 2.04. The Morgan fingerprint density at radius 1 is 1.58 bits per heavy atom. The molecule has 1 aliphatic heterocycles. The summed E-state index contributed by atoms with van der Waals surface area (Å²) in [4.78, 5) is 0. The zero-order valence-corrected chi connectivity index (χ0v) is 7.97. The Kier molecular flexibility index (Phi) is 4.33. The molecule has 1 atom stereocenters. The summed E-state index contributed by atoms with van der Waals surface area (Å²) in [6.45, 7) is 8.30. The van der Waals surface area contributed by atoms with Crippen molar-refractivity contribution in [1.29, 1.82) is 0 Å². The summed E-state index contributed by atoms with van der Waals surface area (Å²) in [5.41, 5.74) is 0. The number of rotatable bonds is 4. The van der Waals surface area contributed by atoms with Gasteiger partial charge in [-0.05, 0) is 39.3 Å². The van der Waals surface area contributed by atoms with Crippen LogP contribution in [0.15, 0.2) is 12.7 Å². The van der Waals surface area contributed by atoms with Gasteiger partial charge in [0.25, 0.3) is 0 Å². The molecule has 0 spiro atoms. The predicted molar refractivity (Wildman–Crippen MR) is 53.3 cm³/mol. The van der Waals surface area contributed by atoms with Crippen LogP contribution in [0.5, 0.6) is 0 Å². The highest BCUT2D eigenvalue weighted by Gasteiger charge is 2.13. The molecule has 0 aromatic rings. The smallest absolute Gasteiger partial charge is 0.00938 e. The Morgan fingerprint density at radius 2 is 2.25 bits per heavy atom. The molecule has 0 aliphatic carbocycles. The van der Waals surface area contributed by atoms with Crippen LogP contribution in [0.4, 0.5) is 0 Å². The lowest BCUT2D eigenvalue weighted by molar-refractivity contribution is 0.356. The van der Waals surface area contributed by atoms with Crippen LogP contribution in [0.1, 0.15) is 26.2 Å². The van der Waals surface area contributed by atoms with Crippen molar-refractivity contribution < 1.29 is 0 Å². The molecular formula is C10H20N2. The fraction of sp³-hybridized carbons (Fsp3) is 0.800. The summed E-state index contributed by atoms with van der Waals surface area (Å²) < 4.78 is 0. The molecule has 12 heavy (non-hydrogen) atoms. The van der Waals surface area contributed by atoms with E-state index in [0.29, 0.717) is 6.04 Å². The molecule has 1 aliphatic rings. The molecule has 0 aromatic heterocycles. The molecule has 2 N–H and O–H groups in total. The Balaban J connectivity index is 2.15. The molecule has 2 heteroatoms. The van der Waals surface area contributed by atoms with Gasteiger partial charge in [0.15, 0.2) is 0 Å². The van der Waals surface area contributed by atoms with Crippen molar-refractivity contribution in [3.63, 3.8) is 0 Å². The first-order valence-electron chi connectivity index (χ1n) is 4.90. The van der Waals surface area contributed by atoms with Crippen molar-refractivity contribution in [2.75, 3.05) is 13.1 Å². The summed E-state index contributed by atoms with van der Waals surface area (Å²) in [7, 11) is 0. The van der Waals surface area contributed by atoms with Crippen LogP contribution >= 0.6 is 0 Å². The first-order chi connectivity index (χ1) is 5.83. The van der Waals surface area contributed by atoms with Gasteiger partial charge in [0.1, 0.15) is 0 Å². The quantitative estimate of drug-likeness (QED) is 0.618. The highest BCUT2D eigenvalue weighted by molar-refractivity contribution is 4.80. The van der Waals surface area contributed by atoms with E-state index < -0.39 is 0 Å². The van der Waals surface area contributed by atoms with Crippen LogP contribution < -0.4 is 10.6 Å². The molecule has 2 nitrogen and oxygen atoms in total. The summed E-state index contributed by atoms with van der Waals surface area (Å²) in [5, 5.41) is 6.97. The van der Waals surface area contributed by atoms with Gasteiger partial charge in [-0.2, -0.15) is 0 Å². The number of hydrogen-bond acceptors (Lipinski definition) is 2. The average molecular weight is 168 g/mol. The second-order valence-corrected chi connectivity index (χ2v) is 3.62. The molecule has 0 aromatic carbocycles. The van der Waals surface area contributed by atoms with Crippen LogP contribution in [0.3, 0.4) is 0 Å². The molecule has 1 fully saturated rings. The van der Waals surface area contributed by atoms with Crippen molar-refractivity contribution in [1.82, 2.24) is 10.6 Å². The second-order valence-electron chi connectivity index (χ2n) is 3.62. The molecule has 0 bridgehead atoms. The van der Waals surface area contributed by atoms with E-state index in [1.807, 2.05) is 6.08 Å². The summed E-state index contributed by atoms with van der Waals surface area (Å²) in [5.74, 6) is 0. The van der Waals surface area contributed by atoms with Gasteiger partial charge >= 0.3 is 0 Å². The third kappa shape index (κ3) is 3.37. The van der Waals surface area contributed by atoms with Crippen LogP contribution in [0.2, 0.25) is 0 Å². The Morgan fingerprint density at radius 3 is 2.83 bits per heavy atom. The van der Waals surface area contributed by atoms with Gasteiger partial charge in [0.05, 0.1) is 0 Å². The molecule has 0 radical (unpaired) electrons. The lowest BCUT2D eigenvalue weighted by Gasteiger charge is -2.26. The number of nitrogens with one attached hydrogen (secondary N) is 2. The van der Waals surface area contributed by atoms with Crippen molar-refractivity contribution in [3.05, 3.63) is 12.7 Å². The van der Waals surface area contributed by atoms with Crippen LogP contribution in [-0.2, 0) is 0 Å². The first kappa shape index (κ1) is 9.75. The lowest BCUT2D eigenvalue weighted by atomic mass is 10.1. The van der Waals surface area contributed by atoms with Gasteiger partial charge in [-0.15, -0.1) is 6.58 Å². The maximum absolute atomic E-state index is 3.74. The van der Waals surface area contributed by atoms with Crippen molar-refractivity contribution >= 4 is 0 Å². The van der Waals surface area contributed by atoms with Gasteiger partial charge in [-0.3, -0.25) is 0 Å². The van der Waals surface area contributed by atoms with E-state index in [2.05, 4.69) is 24.1 Å². The fourth-order valence-electron chi connectivity index (χ4n) is 1.71. The minimum atomic E-state index is 0.589. The molecule has 1 unspecified atom stereocenters. The first-order valence-corrected chi connectivity index (χ1v) is 4.90. The highest BCUT2D eigenvalue weighted by atomic mass is 15.0. The maximum Gasteiger partial charge on any atom is 0.00938 e. The van der Waals surface area contributed by atoms with Gasteiger partial charge in [0, 0.05) is 12.1 Å². The van der Waals surface area contributed by atoms with E-state index in [9.17, 15) is 0 Å². The van der Waals surface area contributed by atoms with E-state index in [1.54, 1.807) is 0 Å². The predicted octanol–water partition coefficient (Wildman–Crippen LogP) is 1.29. The van der Waals surface area contributed by atoms with Crippen molar-refractivity contribution in [2.24, 2.45) is 0 Å². The Hall–Kier alpha value is -0.340. The molecule has 1 heterocycles. The Bertz CT molecular complexity index is 128. The Labute approximate surface area is 75.4 Å². The van der Waals surface area contributed by atoms with Gasteiger partial charge in [-0.1, -0.05) is 6.08 Å². The maximum atomic E-state index is 3.74. The lowest BCUT2D eigenvalue weighted by Crippen LogP contribution is -2.43. The van der Waals surface area contributed by atoms with E-state index in [-0.39, 0.29) is 0 Å². The SMILES string of the molecule is C=CCC(C)NC1CCNCC1. The third-order valence-corrected chi connectivity index (χ3v) is 2.38. The summed E-state index contributed by atoms with van der Waals surface area (Å²) >= 11 is 0. The summed E-state index contributed by atoms with van der Waals surface area (Å²) in [6.07, 6.45) is 5.59. The monoisotopic (exact) mass is 168 g/mol. The van der Waals surface area contributed by atoms with Crippen LogP contribution in [0, 0.1) is 0 Å². The second kappa shape index (κ2) is 5.33. The van der Waals surface area contributed by atoms with E-state index in [4.69, 9.17) is 0 Å². The minimum absolute atomic E-state index is 0.589. The molecule has 1 rings (SSSR count). The van der Waals surface area contributed by atoms with Gasteiger partial charge in [0.2, 0.25) is 0 Å². The zero-order valence-electron chi connectivity index (χ0n) is 7.97.